The number of hydrogen-bond acceptors (Lipinski definition) is 5. The maximum absolute atomic E-state index is 12.7. The van der Waals surface area contributed by atoms with E-state index in [-0.39, 0.29) is 5.25 Å². The van der Waals surface area contributed by atoms with Gasteiger partial charge in [-0.15, -0.1) is 11.3 Å². The van der Waals surface area contributed by atoms with Crippen LogP contribution in [-0.2, 0) is 16.1 Å². The third-order valence-electron chi connectivity index (χ3n) is 3.95. The van der Waals surface area contributed by atoms with E-state index in [1.165, 1.54) is 11.3 Å². The molecule has 0 bridgehead atoms. The summed E-state index contributed by atoms with van der Waals surface area (Å²) in [6, 6.07) is 9.92. The highest BCUT2D eigenvalue weighted by Crippen LogP contribution is 2.20. The van der Waals surface area contributed by atoms with Gasteiger partial charge in [-0.25, -0.2) is 9.19 Å². The topological polar surface area (TPSA) is 71.4 Å². The summed E-state index contributed by atoms with van der Waals surface area (Å²) in [5.41, 5.74) is 3.10. The molecular formula is C16H19N3O2S2. The lowest BCUT2D eigenvalue weighted by molar-refractivity contribution is 0.1000. The molecule has 3 rings (SSSR count). The zero-order chi connectivity index (χ0) is 16.3. The molecule has 1 saturated heterocycles. The normalized spacial score (nSPS) is 20.1. The van der Waals surface area contributed by atoms with Gasteiger partial charge in [0.15, 0.2) is 0 Å². The van der Waals surface area contributed by atoms with Crippen molar-refractivity contribution in [2.24, 2.45) is 4.36 Å². The maximum atomic E-state index is 12.7. The van der Waals surface area contributed by atoms with Gasteiger partial charge in [-0.3, -0.25) is 4.79 Å². The molecule has 1 N–H and O–H groups in total. The molecule has 1 aromatic carbocycles. The van der Waals surface area contributed by atoms with Crippen molar-refractivity contribution < 1.29 is 9.00 Å². The minimum atomic E-state index is -2.55. The molecular weight excluding hydrogens is 330 g/mol. The van der Waals surface area contributed by atoms with Crippen LogP contribution in [0.1, 0.15) is 27.3 Å². The van der Waals surface area contributed by atoms with E-state index in [1.807, 2.05) is 30.3 Å². The second kappa shape index (κ2) is 6.90. The highest BCUT2D eigenvalue weighted by molar-refractivity contribution is 7.93. The SMILES string of the molecule is CS(=O)(=NC(=O)c1ncsc1Cc1ccccc1)C1CCNC1. The molecule has 1 fully saturated rings. The summed E-state index contributed by atoms with van der Waals surface area (Å²) in [6.45, 7) is 1.48. The van der Waals surface area contributed by atoms with Gasteiger partial charge >= 0.3 is 5.91 Å². The number of hydrogen-bond donors (Lipinski definition) is 1. The van der Waals surface area contributed by atoms with Gasteiger partial charge < -0.3 is 5.32 Å². The van der Waals surface area contributed by atoms with Crippen LogP contribution in [-0.4, -0.2) is 39.7 Å². The van der Waals surface area contributed by atoms with Crippen molar-refractivity contribution in [2.75, 3.05) is 19.3 Å². The van der Waals surface area contributed by atoms with Gasteiger partial charge in [0.1, 0.15) is 5.69 Å². The number of nitrogens with zero attached hydrogens (tertiary/aromatic N) is 2. The Morgan fingerprint density at radius 3 is 2.91 bits per heavy atom. The lowest BCUT2D eigenvalue weighted by Crippen LogP contribution is -2.23. The fourth-order valence-corrected chi connectivity index (χ4v) is 4.97. The first kappa shape index (κ1) is 16.3. The lowest BCUT2D eigenvalue weighted by Gasteiger charge is -2.10. The number of thiazole rings is 1. The molecule has 2 heterocycles. The monoisotopic (exact) mass is 349 g/mol. The maximum Gasteiger partial charge on any atom is 0.304 e. The molecule has 2 unspecified atom stereocenters. The van der Waals surface area contributed by atoms with Crippen molar-refractivity contribution in [3.05, 3.63) is 52.0 Å². The first-order valence-corrected chi connectivity index (χ1v) is 10.3. The smallest absolute Gasteiger partial charge is 0.304 e. The van der Waals surface area contributed by atoms with E-state index in [0.29, 0.717) is 18.7 Å². The first-order chi connectivity index (χ1) is 11.1. The van der Waals surface area contributed by atoms with E-state index in [0.717, 1.165) is 23.4 Å². The molecule has 122 valence electrons. The van der Waals surface area contributed by atoms with Gasteiger partial charge in [-0.2, -0.15) is 4.36 Å². The summed E-state index contributed by atoms with van der Waals surface area (Å²) in [7, 11) is -2.55. The van der Waals surface area contributed by atoms with Gasteiger partial charge in [0.2, 0.25) is 0 Å². The predicted octanol–water partition coefficient (Wildman–Crippen LogP) is 2.33. The van der Waals surface area contributed by atoms with Crippen LogP contribution in [0, 0.1) is 0 Å². The fraction of sp³-hybridized carbons (Fsp3) is 0.375. The Morgan fingerprint density at radius 1 is 1.43 bits per heavy atom. The van der Waals surface area contributed by atoms with Crippen LogP contribution >= 0.6 is 11.3 Å². The average Bonchev–Trinajstić information content (AvgIpc) is 3.19. The quantitative estimate of drug-likeness (QED) is 0.920. The number of carbonyl (C=O) groups excluding carboxylic acids is 1. The number of carbonyl (C=O) groups is 1. The molecule has 5 nitrogen and oxygen atoms in total. The summed E-state index contributed by atoms with van der Waals surface area (Å²) < 4.78 is 16.7. The largest absolute Gasteiger partial charge is 0.315 e. The van der Waals surface area contributed by atoms with Gasteiger partial charge in [0.05, 0.1) is 20.5 Å². The summed E-state index contributed by atoms with van der Waals surface area (Å²) in [5.74, 6) is -0.461. The van der Waals surface area contributed by atoms with Crippen LogP contribution in [0.5, 0.6) is 0 Å². The standard InChI is InChI=1S/C16H19N3O2S2/c1-23(21,13-7-8-17-10-13)19-16(20)15-14(22-11-18-15)9-12-5-3-2-4-6-12/h2-6,11,13,17H,7-10H2,1H3. The van der Waals surface area contributed by atoms with E-state index in [4.69, 9.17) is 0 Å². The molecule has 0 radical (unpaired) electrons. The summed E-state index contributed by atoms with van der Waals surface area (Å²) in [4.78, 5) is 17.5. The second-order valence-corrected chi connectivity index (χ2v) is 9.17. The summed E-state index contributed by atoms with van der Waals surface area (Å²) >= 11 is 1.43. The second-order valence-electron chi connectivity index (χ2n) is 5.66. The van der Waals surface area contributed by atoms with Crippen molar-refractivity contribution in [3.8, 4) is 0 Å². The molecule has 1 aliphatic rings. The van der Waals surface area contributed by atoms with Crippen LogP contribution in [0.25, 0.3) is 0 Å². The Balaban J connectivity index is 1.83. The fourth-order valence-electron chi connectivity index (χ4n) is 2.64. The van der Waals surface area contributed by atoms with Crippen molar-refractivity contribution >= 4 is 27.0 Å². The molecule has 0 spiro atoms. The van der Waals surface area contributed by atoms with E-state index in [2.05, 4.69) is 14.7 Å². The van der Waals surface area contributed by atoms with Crippen LogP contribution in [0.15, 0.2) is 40.2 Å². The Bertz CT molecular complexity index is 802. The van der Waals surface area contributed by atoms with Crippen molar-refractivity contribution in [3.63, 3.8) is 0 Å². The molecule has 2 atom stereocenters. The van der Waals surface area contributed by atoms with E-state index in [1.54, 1.807) is 11.8 Å². The molecule has 0 aliphatic carbocycles. The minimum Gasteiger partial charge on any atom is -0.315 e. The summed E-state index contributed by atoms with van der Waals surface area (Å²) in [6.07, 6.45) is 3.00. The molecule has 1 aliphatic heterocycles. The first-order valence-electron chi connectivity index (χ1n) is 7.48. The zero-order valence-electron chi connectivity index (χ0n) is 12.9. The molecule has 23 heavy (non-hydrogen) atoms. The predicted molar refractivity (Wildman–Crippen MR) is 93.5 cm³/mol. The van der Waals surface area contributed by atoms with E-state index < -0.39 is 15.6 Å². The number of amides is 1. The average molecular weight is 349 g/mol. The highest BCUT2D eigenvalue weighted by Gasteiger charge is 2.25. The Kier molecular flexibility index (Phi) is 4.89. The lowest BCUT2D eigenvalue weighted by atomic mass is 10.1. The number of nitrogens with one attached hydrogen (secondary N) is 1. The molecule has 1 amide bonds. The van der Waals surface area contributed by atoms with Gasteiger partial charge in [-0.1, -0.05) is 30.3 Å². The third-order valence-corrected chi connectivity index (χ3v) is 6.95. The number of benzene rings is 1. The van der Waals surface area contributed by atoms with Gasteiger partial charge in [0.25, 0.3) is 0 Å². The van der Waals surface area contributed by atoms with E-state index in [9.17, 15) is 9.00 Å². The van der Waals surface area contributed by atoms with Crippen molar-refractivity contribution in [1.82, 2.24) is 10.3 Å². The Morgan fingerprint density at radius 2 is 2.22 bits per heavy atom. The molecule has 2 aromatic rings. The minimum absolute atomic E-state index is 0.0670. The van der Waals surface area contributed by atoms with E-state index >= 15 is 0 Å². The number of rotatable bonds is 4. The molecule has 7 heteroatoms. The molecule has 0 saturated carbocycles. The number of aromatic nitrogens is 1. The molecule has 1 aromatic heterocycles. The van der Waals surface area contributed by atoms with Crippen LogP contribution in [0.2, 0.25) is 0 Å². The van der Waals surface area contributed by atoms with Crippen LogP contribution < -0.4 is 5.32 Å². The van der Waals surface area contributed by atoms with Crippen molar-refractivity contribution in [1.29, 1.82) is 0 Å². The Hall–Kier alpha value is -1.57. The van der Waals surface area contributed by atoms with Crippen molar-refractivity contribution in [2.45, 2.75) is 18.1 Å². The van der Waals surface area contributed by atoms with Gasteiger partial charge in [-0.05, 0) is 18.5 Å². The Labute approximate surface area is 140 Å². The van der Waals surface area contributed by atoms with Crippen LogP contribution in [0.3, 0.4) is 0 Å². The summed E-state index contributed by atoms with van der Waals surface area (Å²) in [5, 5.41) is 3.10. The zero-order valence-corrected chi connectivity index (χ0v) is 14.5. The highest BCUT2D eigenvalue weighted by atomic mass is 32.2. The third kappa shape index (κ3) is 3.85. The van der Waals surface area contributed by atoms with Crippen LogP contribution in [0.4, 0.5) is 0 Å². The van der Waals surface area contributed by atoms with Gasteiger partial charge in [0, 0.05) is 24.1 Å².